The van der Waals surface area contributed by atoms with Gasteiger partial charge in [-0.15, -0.1) is 0 Å². The maximum atomic E-state index is 11.8. The fourth-order valence-corrected chi connectivity index (χ4v) is 2.57. The first-order valence-electron chi connectivity index (χ1n) is 7.71. The van der Waals surface area contributed by atoms with Gasteiger partial charge in [0, 0.05) is 13.6 Å². The van der Waals surface area contributed by atoms with Gasteiger partial charge in [0.05, 0.1) is 12.1 Å². The number of nitrogens with one attached hydrogen (secondary N) is 1. The third-order valence-electron chi connectivity index (χ3n) is 3.77. The van der Waals surface area contributed by atoms with Gasteiger partial charge in [-0.1, -0.05) is 6.92 Å². The average Bonchev–Trinajstić information content (AvgIpc) is 2.34. The lowest BCUT2D eigenvalue weighted by molar-refractivity contribution is 0.0531. The number of hydrogen-bond acceptors (Lipinski definition) is 3. The van der Waals surface area contributed by atoms with Crippen molar-refractivity contribution in [2.75, 3.05) is 39.8 Å². The van der Waals surface area contributed by atoms with Crippen molar-refractivity contribution in [2.45, 2.75) is 45.6 Å². The molecular formula is C15H31N3O2. The Morgan fingerprint density at radius 3 is 2.55 bits per heavy atom. The minimum absolute atomic E-state index is 0.112. The number of likely N-dealkylation sites (N-methyl/N-ethyl adjacent to an activating group) is 1. The minimum atomic E-state index is -0.851. The van der Waals surface area contributed by atoms with Crippen LogP contribution in [0.1, 0.15) is 40.0 Å². The van der Waals surface area contributed by atoms with Crippen LogP contribution >= 0.6 is 0 Å². The van der Waals surface area contributed by atoms with Crippen LogP contribution in [-0.4, -0.2) is 66.3 Å². The summed E-state index contributed by atoms with van der Waals surface area (Å²) in [6.07, 6.45) is 3.57. The van der Waals surface area contributed by atoms with E-state index in [1.54, 1.807) is 20.9 Å². The predicted octanol–water partition coefficient (Wildman–Crippen LogP) is 1.52. The van der Waals surface area contributed by atoms with Crippen molar-refractivity contribution in [2.24, 2.45) is 5.92 Å². The molecule has 0 aliphatic carbocycles. The van der Waals surface area contributed by atoms with Crippen LogP contribution in [0.4, 0.5) is 4.79 Å². The standard InChI is InChI=1S/C15H31N3O2/c1-13-6-10-18(11-7-13)9-5-8-16-14(19)17(4)12-15(2,3)20/h13,20H,5-12H2,1-4H3,(H,16,19). The smallest absolute Gasteiger partial charge is 0.317 e. The molecule has 0 unspecified atom stereocenters. The number of aliphatic hydroxyl groups is 1. The summed E-state index contributed by atoms with van der Waals surface area (Å²) < 4.78 is 0. The van der Waals surface area contributed by atoms with Crippen molar-refractivity contribution in [1.29, 1.82) is 0 Å². The Labute approximate surface area is 123 Å². The maximum Gasteiger partial charge on any atom is 0.317 e. The van der Waals surface area contributed by atoms with Gasteiger partial charge >= 0.3 is 6.03 Å². The Kier molecular flexibility index (Phi) is 6.76. The largest absolute Gasteiger partial charge is 0.389 e. The predicted molar refractivity (Wildman–Crippen MR) is 81.8 cm³/mol. The lowest BCUT2D eigenvalue weighted by Gasteiger charge is -2.30. The number of amides is 2. The number of urea groups is 1. The van der Waals surface area contributed by atoms with E-state index in [0.29, 0.717) is 13.1 Å². The fourth-order valence-electron chi connectivity index (χ4n) is 2.57. The van der Waals surface area contributed by atoms with Crippen LogP contribution in [0.2, 0.25) is 0 Å². The quantitative estimate of drug-likeness (QED) is 0.728. The Morgan fingerprint density at radius 2 is 2.00 bits per heavy atom. The van der Waals surface area contributed by atoms with Crippen LogP contribution in [0, 0.1) is 5.92 Å². The molecule has 1 aliphatic heterocycles. The minimum Gasteiger partial charge on any atom is -0.389 e. The van der Waals surface area contributed by atoms with E-state index < -0.39 is 5.60 Å². The second-order valence-electron chi connectivity index (χ2n) is 6.78. The molecule has 0 radical (unpaired) electrons. The second kappa shape index (κ2) is 7.84. The number of carbonyl (C=O) groups excluding carboxylic acids is 1. The first-order chi connectivity index (χ1) is 9.28. The van der Waals surface area contributed by atoms with E-state index in [2.05, 4.69) is 17.1 Å². The van der Waals surface area contributed by atoms with Gasteiger partial charge in [0.25, 0.3) is 0 Å². The van der Waals surface area contributed by atoms with Crippen molar-refractivity contribution in [3.05, 3.63) is 0 Å². The number of likely N-dealkylation sites (tertiary alicyclic amines) is 1. The van der Waals surface area contributed by atoms with Crippen LogP contribution in [0.5, 0.6) is 0 Å². The Hall–Kier alpha value is -0.810. The molecule has 5 heteroatoms. The number of carbonyl (C=O) groups is 1. The normalized spacial score (nSPS) is 18.1. The van der Waals surface area contributed by atoms with Crippen LogP contribution in [-0.2, 0) is 0 Å². The maximum absolute atomic E-state index is 11.8. The Bertz CT molecular complexity index is 294. The van der Waals surface area contributed by atoms with Crippen molar-refractivity contribution in [3.63, 3.8) is 0 Å². The molecule has 5 nitrogen and oxygen atoms in total. The zero-order chi connectivity index (χ0) is 15.2. The summed E-state index contributed by atoms with van der Waals surface area (Å²) in [4.78, 5) is 15.8. The van der Waals surface area contributed by atoms with E-state index in [4.69, 9.17) is 0 Å². The van der Waals surface area contributed by atoms with Gasteiger partial charge in [0.15, 0.2) is 0 Å². The van der Waals surface area contributed by atoms with Crippen molar-refractivity contribution in [3.8, 4) is 0 Å². The molecule has 1 fully saturated rings. The molecule has 2 N–H and O–H groups in total. The van der Waals surface area contributed by atoms with Gasteiger partial charge in [-0.25, -0.2) is 4.79 Å². The highest BCUT2D eigenvalue weighted by Crippen LogP contribution is 2.15. The first kappa shape index (κ1) is 17.2. The molecular weight excluding hydrogens is 254 g/mol. The van der Waals surface area contributed by atoms with Crippen LogP contribution in [0.25, 0.3) is 0 Å². The number of rotatable bonds is 6. The lowest BCUT2D eigenvalue weighted by atomic mass is 9.99. The molecule has 0 bridgehead atoms. The molecule has 1 aliphatic rings. The van der Waals surface area contributed by atoms with Crippen molar-refractivity contribution < 1.29 is 9.90 Å². The molecule has 1 saturated heterocycles. The van der Waals surface area contributed by atoms with Crippen LogP contribution < -0.4 is 5.32 Å². The summed E-state index contributed by atoms with van der Waals surface area (Å²) >= 11 is 0. The number of hydrogen-bond donors (Lipinski definition) is 2. The summed E-state index contributed by atoms with van der Waals surface area (Å²) in [6, 6.07) is -0.112. The van der Waals surface area contributed by atoms with E-state index in [-0.39, 0.29) is 6.03 Å². The number of nitrogens with zero attached hydrogens (tertiary/aromatic N) is 2. The van der Waals surface area contributed by atoms with Crippen LogP contribution in [0.3, 0.4) is 0 Å². The van der Waals surface area contributed by atoms with E-state index in [1.807, 2.05) is 0 Å². The zero-order valence-corrected chi connectivity index (χ0v) is 13.5. The second-order valence-corrected chi connectivity index (χ2v) is 6.78. The van der Waals surface area contributed by atoms with Crippen molar-refractivity contribution in [1.82, 2.24) is 15.1 Å². The molecule has 2 amide bonds. The van der Waals surface area contributed by atoms with Gasteiger partial charge in [-0.05, 0) is 58.7 Å². The molecule has 118 valence electrons. The van der Waals surface area contributed by atoms with Gasteiger partial charge in [0.2, 0.25) is 0 Å². The first-order valence-corrected chi connectivity index (χ1v) is 7.71. The zero-order valence-electron chi connectivity index (χ0n) is 13.5. The topological polar surface area (TPSA) is 55.8 Å². The molecule has 0 aromatic rings. The van der Waals surface area contributed by atoms with Crippen LogP contribution in [0.15, 0.2) is 0 Å². The third-order valence-corrected chi connectivity index (χ3v) is 3.77. The molecule has 0 aromatic heterocycles. The highest BCUT2D eigenvalue weighted by molar-refractivity contribution is 5.73. The van der Waals surface area contributed by atoms with E-state index in [0.717, 1.165) is 18.9 Å². The van der Waals surface area contributed by atoms with Gasteiger partial charge in [-0.2, -0.15) is 0 Å². The van der Waals surface area contributed by atoms with E-state index in [9.17, 15) is 9.90 Å². The summed E-state index contributed by atoms with van der Waals surface area (Å²) in [5, 5.41) is 12.6. The molecule has 0 saturated carbocycles. The average molecular weight is 285 g/mol. The molecule has 20 heavy (non-hydrogen) atoms. The summed E-state index contributed by atoms with van der Waals surface area (Å²) in [7, 11) is 1.71. The van der Waals surface area contributed by atoms with E-state index >= 15 is 0 Å². The van der Waals surface area contributed by atoms with Gasteiger partial charge in [0.1, 0.15) is 0 Å². The molecule has 0 atom stereocenters. The Morgan fingerprint density at radius 1 is 1.40 bits per heavy atom. The summed E-state index contributed by atoms with van der Waals surface area (Å²) in [6.45, 7) is 10.2. The Balaban J connectivity index is 2.10. The molecule has 0 aromatic carbocycles. The summed E-state index contributed by atoms with van der Waals surface area (Å²) in [5.74, 6) is 0.862. The monoisotopic (exact) mass is 285 g/mol. The SMILES string of the molecule is CC1CCN(CCCNC(=O)N(C)CC(C)(C)O)CC1. The summed E-state index contributed by atoms with van der Waals surface area (Å²) in [5.41, 5.74) is -0.851. The van der Waals surface area contributed by atoms with Gasteiger partial charge < -0.3 is 20.2 Å². The molecule has 0 spiro atoms. The van der Waals surface area contributed by atoms with Gasteiger partial charge in [-0.3, -0.25) is 0 Å². The molecule has 1 rings (SSSR count). The van der Waals surface area contributed by atoms with Crippen molar-refractivity contribution >= 4 is 6.03 Å². The van der Waals surface area contributed by atoms with E-state index in [1.165, 1.54) is 30.8 Å². The highest BCUT2D eigenvalue weighted by atomic mass is 16.3. The molecule has 1 heterocycles. The lowest BCUT2D eigenvalue weighted by Crippen LogP contribution is -2.45. The third kappa shape index (κ3) is 7.10. The number of piperidine rings is 1. The fraction of sp³-hybridized carbons (Fsp3) is 0.933. The highest BCUT2D eigenvalue weighted by Gasteiger charge is 2.19.